The van der Waals surface area contributed by atoms with Gasteiger partial charge in [0.25, 0.3) is 0 Å². The van der Waals surface area contributed by atoms with E-state index in [2.05, 4.69) is 10.6 Å². The van der Waals surface area contributed by atoms with Crippen molar-refractivity contribution in [2.24, 2.45) is 0 Å². The molecule has 0 bridgehead atoms. The third-order valence-corrected chi connectivity index (χ3v) is 3.50. The fourth-order valence-electron chi connectivity index (χ4n) is 2.26. The molecule has 2 N–H and O–H groups in total. The lowest BCUT2D eigenvalue weighted by molar-refractivity contribution is -0.121. The number of nitrogens with one attached hydrogen (secondary N) is 2. The summed E-state index contributed by atoms with van der Waals surface area (Å²) in [6, 6.07) is 7.91. The van der Waals surface area contributed by atoms with Crippen LogP contribution in [0.15, 0.2) is 24.3 Å². The van der Waals surface area contributed by atoms with Gasteiger partial charge in [-0.15, -0.1) is 0 Å². The smallest absolute Gasteiger partial charge is 0.221 e. The lowest BCUT2D eigenvalue weighted by atomic mass is 10.2. The number of amides is 1. The van der Waals surface area contributed by atoms with Gasteiger partial charge in [-0.25, -0.2) is 0 Å². The fraction of sp³-hybridized carbons (Fsp3) is 0.500. The molecule has 0 unspecified atom stereocenters. The lowest BCUT2D eigenvalue weighted by Gasteiger charge is -2.12. The van der Waals surface area contributed by atoms with Gasteiger partial charge in [-0.05, 0) is 37.1 Å². The Hall–Kier alpha value is -1.22. The molecule has 0 saturated heterocycles. The van der Waals surface area contributed by atoms with E-state index in [0.29, 0.717) is 19.0 Å². The Morgan fingerprint density at radius 2 is 1.89 bits per heavy atom. The largest absolute Gasteiger partial charge is 0.385 e. The minimum absolute atomic E-state index is 0.142. The van der Waals surface area contributed by atoms with Crippen LogP contribution in [0.2, 0.25) is 5.02 Å². The van der Waals surface area contributed by atoms with Gasteiger partial charge >= 0.3 is 0 Å². The van der Waals surface area contributed by atoms with Gasteiger partial charge in [0, 0.05) is 29.7 Å². The van der Waals surface area contributed by atoms with Gasteiger partial charge < -0.3 is 10.6 Å². The summed E-state index contributed by atoms with van der Waals surface area (Å²) in [5.74, 6) is 0.142. The molecule has 18 heavy (non-hydrogen) atoms. The minimum atomic E-state index is 0.142. The van der Waals surface area contributed by atoms with Crippen molar-refractivity contribution in [3.8, 4) is 0 Å². The fourth-order valence-corrected chi connectivity index (χ4v) is 2.38. The summed E-state index contributed by atoms with van der Waals surface area (Å²) < 4.78 is 0. The zero-order valence-corrected chi connectivity index (χ0v) is 11.2. The zero-order chi connectivity index (χ0) is 12.8. The van der Waals surface area contributed by atoms with Crippen LogP contribution >= 0.6 is 11.6 Å². The Morgan fingerprint density at radius 1 is 1.22 bits per heavy atom. The molecule has 0 aromatic heterocycles. The second kappa shape index (κ2) is 6.64. The average Bonchev–Trinajstić information content (AvgIpc) is 2.84. The molecule has 0 atom stereocenters. The molecule has 4 heteroatoms. The molecule has 0 spiro atoms. The van der Waals surface area contributed by atoms with Gasteiger partial charge in [0.05, 0.1) is 0 Å². The van der Waals surface area contributed by atoms with Crippen molar-refractivity contribution in [1.29, 1.82) is 0 Å². The number of rotatable bonds is 5. The molecule has 1 fully saturated rings. The Bertz CT molecular complexity index is 385. The van der Waals surface area contributed by atoms with Crippen molar-refractivity contribution in [1.82, 2.24) is 5.32 Å². The van der Waals surface area contributed by atoms with E-state index < -0.39 is 0 Å². The summed E-state index contributed by atoms with van der Waals surface area (Å²) in [6.45, 7) is 0.653. The quantitative estimate of drug-likeness (QED) is 0.859. The molecular weight excluding hydrogens is 248 g/mol. The van der Waals surface area contributed by atoms with E-state index in [1.807, 2.05) is 24.3 Å². The van der Waals surface area contributed by atoms with Crippen molar-refractivity contribution in [2.75, 3.05) is 11.9 Å². The number of benzene rings is 1. The lowest BCUT2D eigenvalue weighted by Crippen LogP contribution is -2.33. The highest BCUT2D eigenvalue weighted by molar-refractivity contribution is 6.30. The van der Waals surface area contributed by atoms with Crippen LogP contribution in [-0.4, -0.2) is 18.5 Å². The number of halogens is 1. The third-order valence-electron chi connectivity index (χ3n) is 3.25. The molecule has 0 heterocycles. The normalized spacial score (nSPS) is 15.6. The summed E-state index contributed by atoms with van der Waals surface area (Å²) in [5.41, 5.74) is 0.994. The molecule has 1 aromatic rings. The first kappa shape index (κ1) is 13.2. The molecule has 98 valence electrons. The third kappa shape index (κ3) is 4.22. The summed E-state index contributed by atoms with van der Waals surface area (Å²) in [7, 11) is 0. The SMILES string of the molecule is O=C(CCNc1ccc(Cl)cc1)NC1CCCC1. The first-order chi connectivity index (χ1) is 8.74. The monoisotopic (exact) mass is 266 g/mol. The number of hydrogen-bond acceptors (Lipinski definition) is 2. The van der Waals surface area contributed by atoms with Crippen LogP contribution < -0.4 is 10.6 Å². The second-order valence-electron chi connectivity index (χ2n) is 4.73. The van der Waals surface area contributed by atoms with Crippen LogP contribution in [0.3, 0.4) is 0 Å². The van der Waals surface area contributed by atoms with Gasteiger partial charge in [-0.2, -0.15) is 0 Å². The molecule has 3 nitrogen and oxygen atoms in total. The van der Waals surface area contributed by atoms with E-state index >= 15 is 0 Å². The van der Waals surface area contributed by atoms with Crippen molar-refractivity contribution in [2.45, 2.75) is 38.1 Å². The first-order valence-electron chi connectivity index (χ1n) is 6.53. The molecule has 1 aliphatic carbocycles. The predicted molar refractivity (Wildman–Crippen MR) is 75.0 cm³/mol. The summed E-state index contributed by atoms with van der Waals surface area (Å²) in [4.78, 5) is 11.7. The van der Waals surface area contributed by atoms with Crippen molar-refractivity contribution in [3.05, 3.63) is 29.3 Å². The van der Waals surface area contributed by atoms with Crippen LogP contribution in [-0.2, 0) is 4.79 Å². The van der Waals surface area contributed by atoms with Crippen LogP contribution in [0.4, 0.5) is 5.69 Å². The molecule has 0 radical (unpaired) electrons. The average molecular weight is 267 g/mol. The summed E-state index contributed by atoms with van der Waals surface area (Å²) in [5, 5.41) is 7.00. The first-order valence-corrected chi connectivity index (χ1v) is 6.90. The highest BCUT2D eigenvalue weighted by Gasteiger charge is 2.16. The topological polar surface area (TPSA) is 41.1 Å². The van der Waals surface area contributed by atoms with E-state index in [-0.39, 0.29) is 5.91 Å². The van der Waals surface area contributed by atoms with Gasteiger partial charge in [-0.3, -0.25) is 4.79 Å². The molecule has 1 saturated carbocycles. The molecule has 2 rings (SSSR count). The van der Waals surface area contributed by atoms with E-state index in [0.717, 1.165) is 23.6 Å². The Labute approximate surface area is 113 Å². The summed E-state index contributed by atoms with van der Waals surface area (Å²) >= 11 is 5.80. The number of carbonyl (C=O) groups excluding carboxylic acids is 1. The number of hydrogen-bond donors (Lipinski definition) is 2. The van der Waals surface area contributed by atoms with Gasteiger partial charge in [0.15, 0.2) is 0 Å². The molecule has 1 amide bonds. The standard InChI is InChI=1S/C14H19ClN2O/c15-11-5-7-12(8-6-11)16-10-9-14(18)17-13-3-1-2-4-13/h5-8,13,16H,1-4,9-10H2,(H,17,18). The van der Waals surface area contributed by atoms with Crippen LogP contribution in [0.5, 0.6) is 0 Å². The van der Waals surface area contributed by atoms with E-state index in [9.17, 15) is 4.79 Å². The molecule has 1 aliphatic rings. The molecule has 1 aromatic carbocycles. The minimum Gasteiger partial charge on any atom is -0.385 e. The summed E-state index contributed by atoms with van der Waals surface area (Å²) in [6.07, 6.45) is 5.27. The van der Waals surface area contributed by atoms with E-state index in [1.54, 1.807) is 0 Å². The maximum Gasteiger partial charge on any atom is 0.221 e. The van der Waals surface area contributed by atoms with Gasteiger partial charge in [0.1, 0.15) is 0 Å². The Morgan fingerprint density at radius 3 is 2.56 bits per heavy atom. The maximum atomic E-state index is 11.7. The van der Waals surface area contributed by atoms with Crippen LogP contribution in [0, 0.1) is 0 Å². The van der Waals surface area contributed by atoms with Crippen molar-refractivity contribution < 1.29 is 4.79 Å². The second-order valence-corrected chi connectivity index (χ2v) is 5.17. The van der Waals surface area contributed by atoms with Gasteiger partial charge in [0.2, 0.25) is 5.91 Å². The Balaban J connectivity index is 1.65. The van der Waals surface area contributed by atoms with Gasteiger partial charge in [-0.1, -0.05) is 24.4 Å². The number of anilines is 1. The predicted octanol–water partition coefficient (Wildman–Crippen LogP) is 3.20. The number of carbonyl (C=O) groups is 1. The van der Waals surface area contributed by atoms with E-state index in [1.165, 1.54) is 12.8 Å². The van der Waals surface area contributed by atoms with E-state index in [4.69, 9.17) is 11.6 Å². The van der Waals surface area contributed by atoms with Crippen molar-refractivity contribution in [3.63, 3.8) is 0 Å². The Kier molecular flexibility index (Phi) is 4.88. The molecule has 0 aliphatic heterocycles. The van der Waals surface area contributed by atoms with Crippen LogP contribution in [0.25, 0.3) is 0 Å². The molecular formula is C14H19ClN2O. The van der Waals surface area contributed by atoms with Crippen molar-refractivity contribution >= 4 is 23.2 Å². The zero-order valence-electron chi connectivity index (χ0n) is 10.4. The highest BCUT2D eigenvalue weighted by atomic mass is 35.5. The van der Waals surface area contributed by atoms with Crippen LogP contribution in [0.1, 0.15) is 32.1 Å². The maximum absolute atomic E-state index is 11.7. The highest BCUT2D eigenvalue weighted by Crippen LogP contribution is 2.17.